The first kappa shape index (κ1) is 10.7. The maximum Gasteiger partial charge on any atom is 0.148 e. The first-order chi connectivity index (χ1) is 5.76. The molecule has 0 aromatic carbocycles. The van der Waals surface area contributed by atoms with E-state index >= 15 is 0 Å². The van der Waals surface area contributed by atoms with Crippen LogP contribution in [0, 0.1) is 0 Å². The van der Waals surface area contributed by atoms with E-state index in [-0.39, 0.29) is 0 Å². The van der Waals surface area contributed by atoms with E-state index in [4.69, 9.17) is 5.73 Å². The highest BCUT2D eigenvalue weighted by atomic mass is 16.1. The third-order valence-corrected chi connectivity index (χ3v) is 1.38. The quantitative estimate of drug-likeness (QED) is 0.347. The highest BCUT2D eigenvalue weighted by molar-refractivity contribution is 5.67. The van der Waals surface area contributed by atoms with Crippen molar-refractivity contribution < 1.29 is 4.79 Å². The monoisotopic (exact) mass is 169 g/mol. The predicted molar refractivity (Wildman–Crippen MR) is 50.0 cm³/mol. The molecule has 0 aromatic rings. The van der Waals surface area contributed by atoms with Crippen molar-refractivity contribution >= 4 is 12.6 Å². The molecule has 0 saturated carbocycles. The van der Waals surface area contributed by atoms with Crippen molar-refractivity contribution in [3.63, 3.8) is 0 Å². The van der Waals surface area contributed by atoms with Gasteiger partial charge in [-0.05, 0) is 25.6 Å². The average Bonchev–Trinajstić information content (AvgIpc) is 2.10. The lowest BCUT2D eigenvalue weighted by Crippen LogP contribution is -2.13. The summed E-state index contributed by atoms with van der Waals surface area (Å²) in [6.07, 6.45) is 3.67. The third kappa shape index (κ3) is 3.75. The van der Waals surface area contributed by atoms with Crippen molar-refractivity contribution in [2.75, 3.05) is 6.54 Å². The summed E-state index contributed by atoms with van der Waals surface area (Å²) in [4.78, 5) is 14.2. The lowest BCUT2D eigenvalue weighted by atomic mass is 10.2. The molecule has 0 bridgehead atoms. The summed E-state index contributed by atoms with van der Waals surface area (Å²) in [5, 5.41) is 2.99. The smallest absolute Gasteiger partial charge is 0.148 e. The van der Waals surface area contributed by atoms with Crippen LogP contribution in [0.1, 0.15) is 13.8 Å². The predicted octanol–water partition coefficient (Wildman–Crippen LogP) is 0.0542. The molecule has 0 amide bonds. The number of carbonyl (C=O) groups excluding carboxylic acids is 1. The average molecular weight is 169 g/mol. The van der Waals surface area contributed by atoms with Gasteiger partial charge in [0.25, 0.3) is 0 Å². The number of aldehydes is 1. The van der Waals surface area contributed by atoms with Crippen molar-refractivity contribution in [2.24, 2.45) is 10.7 Å². The van der Waals surface area contributed by atoms with E-state index in [1.165, 1.54) is 0 Å². The Labute approximate surface area is 72.6 Å². The number of nitrogens with zero attached hydrogens (tertiary/aromatic N) is 1. The van der Waals surface area contributed by atoms with E-state index in [0.717, 1.165) is 24.7 Å². The Balaban J connectivity index is 4.19. The van der Waals surface area contributed by atoms with Gasteiger partial charge in [0.15, 0.2) is 0 Å². The van der Waals surface area contributed by atoms with Gasteiger partial charge in [0.05, 0.1) is 6.34 Å². The van der Waals surface area contributed by atoms with Gasteiger partial charge in [0.1, 0.15) is 12.3 Å². The molecule has 1 atom stereocenters. The van der Waals surface area contributed by atoms with Gasteiger partial charge in [0.2, 0.25) is 0 Å². The molecular weight excluding hydrogens is 154 g/mol. The fourth-order valence-corrected chi connectivity index (χ4v) is 0.701. The Bertz CT molecular complexity index is 187. The molecule has 0 heterocycles. The molecular formula is C8H15N3O. The van der Waals surface area contributed by atoms with Gasteiger partial charge < -0.3 is 15.8 Å². The number of carbonyl (C=O) groups is 1. The van der Waals surface area contributed by atoms with Crippen molar-refractivity contribution in [1.82, 2.24) is 5.32 Å². The zero-order valence-electron chi connectivity index (χ0n) is 7.45. The van der Waals surface area contributed by atoms with Crippen molar-refractivity contribution in [2.45, 2.75) is 19.9 Å². The first-order valence-electron chi connectivity index (χ1n) is 3.85. The molecule has 0 rings (SSSR count). The van der Waals surface area contributed by atoms with Crippen LogP contribution in [0.5, 0.6) is 0 Å². The maximum absolute atomic E-state index is 10.5. The molecule has 12 heavy (non-hydrogen) atoms. The SMILES string of the molecule is CCN/C=C(\C)C(C=O)N=CN. The van der Waals surface area contributed by atoms with Crippen LogP contribution in [-0.4, -0.2) is 25.2 Å². The van der Waals surface area contributed by atoms with E-state index in [1.807, 2.05) is 13.8 Å². The fourth-order valence-electron chi connectivity index (χ4n) is 0.701. The van der Waals surface area contributed by atoms with Gasteiger partial charge in [0, 0.05) is 6.54 Å². The summed E-state index contributed by atoms with van der Waals surface area (Å²) in [6, 6.07) is -0.450. The van der Waals surface area contributed by atoms with Crippen LogP contribution < -0.4 is 11.1 Å². The largest absolute Gasteiger partial charge is 0.391 e. The van der Waals surface area contributed by atoms with Crippen molar-refractivity contribution in [3.05, 3.63) is 11.8 Å². The Morgan fingerprint density at radius 3 is 2.83 bits per heavy atom. The van der Waals surface area contributed by atoms with Gasteiger partial charge in [-0.1, -0.05) is 0 Å². The summed E-state index contributed by atoms with van der Waals surface area (Å²) in [6.45, 7) is 4.63. The highest BCUT2D eigenvalue weighted by Crippen LogP contribution is 2.00. The standard InChI is InChI=1S/C8H15N3O/c1-3-10-4-7(2)8(5-12)11-6-9/h4-6,8,10H,3H2,1-2H3,(H2,9,11)/b7-4+. The van der Waals surface area contributed by atoms with E-state index in [2.05, 4.69) is 10.3 Å². The molecule has 0 aliphatic rings. The molecule has 0 aromatic heterocycles. The Morgan fingerprint density at radius 1 is 1.75 bits per heavy atom. The van der Waals surface area contributed by atoms with E-state index in [9.17, 15) is 4.79 Å². The zero-order chi connectivity index (χ0) is 9.40. The van der Waals surface area contributed by atoms with Crippen LogP contribution >= 0.6 is 0 Å². The van der Waals surface area contributed by atoms with Gasteiger partial charge in [-0.25, -0.2) is 0 Å². The van der Waals surface area contributed by atoms with Crippen molar-refractivity contribution in [1.29, 1.82) is 0 Å². The summed E-state index contributed by atoms with van der Waals surface area (Å²) < 4.78 is 0. The number of aliphatic imine (C=N–C) groups is 1. The Hall–Kier alpha value is -1.32. The van der Waals surface area contributed by atoms with Gasteiger partial charge in [-0.3, -0.25) is 4.99 Å². The molecule has 4 nitrogen and oxygen atoms in total. The topological polar surface area (TPSA) is 67.5 Å². The molecule has 0 fully saturated rings. The summed E-state index contributed by atoms with van der Waals surface area (Å²) in [7, 11) is 0. The zero-order valence-corrected chi connectivity index (χ0v) is 7.45. The van der Waals surface area contributed by atoms with Crippen LogP contribution in [-0.2, 0) is 4.79 Å². The second-order valence-electron chi connectivity index (χ2n) is 2.33. The molecule has 0 aliphatic heterocycles. The number of nitrogens with two attached hydrogens (primary N) is 1. The van der Waals surface area contributed by atoms with Crippen LogP contribution in [0.2, 0.25) is 0 Å². The normalized spacial score (nSPS) is 14.7. The third-order valence-electron chi connectivity index (χ3n) is 1.38. The Kier molecular flexibility index (Phi) is 5.69. The summed E-state index contributed by atoms with van der Waals surface area (Å²) in [5.41, 5.74) is 5.93. The molecule has 1 unspecified atom stereocenters. The minimum Gasteiger partial charge on any atom is -0.391 e. The summed E-state index contributed by atoms with van der Waals surface area (Å²) >= 11 is 0. The lowest BCUT2D eigenvalue weighted by molar-refractivity contribution is -0.108. The first-order valence-corrected chi connectivity index (χ1v) is 3.85. The molecule has 0 saturated heterocycles. The Morgan fingerprint density at radius 2 is 2.42 bits per heavy atom. The van der Waals surface area contributed by atoms with Crippen LogP contribution in [0.4, 0.5) is 0 Å². The van der Waals surface area contributed by atoms with Gasteiger partial charge >= 0.3 is 0 Å². The van der Waals surface area contributed by atoms with E-state index in [1.54, 1.807) is 6.20 Å². The summed E-state index contributed by atoms with van der Waals surface area (Å²) in [5.74, 6) is 0. The number of nitrogens with one attached hydrogen (secondary N) is 1. The minimum atomic E-state index is -0.450. The molecule has 0 spiro atoms. The second kappa shape index (κ2) is 6.39. The maximum atomic E-state index is 10.5. The van der Waals surface area contributed by atoms with Crippen LogP contribution in [0.3, 0.4) is 0 Å². The molecule has 3 N–H and O–H groups in total. The minimum absolute atomic E-state index is 0.450. The highest BCUT2D eigenvalue weighted by Gasteiger charge is 2.04. The number of hydrogen-bond donors (Lipinski definition) is 2. The van der Waals surface area contributed by atoms with E-state index < -0.39 is 6.04 Å². The van der Waals surface area contributed by atoms with E-state index in [0.29, 0.717) is 0 Å². The fraction of sp³-hybridized carbons (Fsp3) is 0.500. The van der Waals surface area contributed by atoms with Gasteiger partial charge in [-0.2, -0.15) is 0 Å². The van der Waals surface area contributed by atoms with Gasteiger partial charge in [-0.15, -0.1) is 0 Å². The van der Waals surface area contributed by atoms with Crippen LogP contribution in [0.15, 0.2) is 16.8 Å². The number of rotatable bonds is 5. The number of hydrogen-bond acceptors (Lipinski definition) is 3. The molecule has 4 heteroatoms. The van der Waals surface area contributed by atoms with Crippen molar-refractivity contribution in [3.8, 4) is 0 Å². The molecule has 0 aliphatic carbocycles. The molecule has 0 radical (unpaired) electrons. The molecule has 68 valence electrons. The van der Waals surface area contributed by atoms with Crippen LogP contribution in [0.25, 0.3) is 0 Å². The second-order valence-corrected chi connectivity index (χ2v) is 2.33. The lowest BCUT2D eigenvalue weighted by Gasteiger charge is -2.04.